The van der Waals surface area contributed by atoms with Gasteiger partial charge in [-0.25, -0.2) is 0 Å². The number of nitro groups is 1. The monoisotopic (exact) mass is 556 g/mol. The number of amides is 1. The first kappa shape index (κ1) is 29.5. The first-order chi connectivity index (χ1) is 18.7. The van der Waals surface area contributed by atoms with Gasteiger partial charge in [0.1, 0.15) is 30.2 Å². The minimum Gasteiger partial charge on any atom is -0.462 e. The van der Waals surface area contributed by atoms with E-state index < -0.39 is 53.8 Å². The average Bonchev–Trinajstić information content (AvgIpc) is 2.94. The van der Waals surface area contributed by atoms with Crippen LogP contribution in [0.4, 0.5) is 5.69 Å². The summed E-state index contributed by atoms with van der Waals surface area (Å²) in [6.07, 6.45) is -7.79. The molecule has 0 aromatic heterocycles. The van der Waals surface area contributed by atoms with Crippen LogP contribution < -0.4 is 10.1 Å². The Morgan fingerprint density at radius 3 is 2.13 bits per heavy atom. The van der Waals surface area contributed by atoms with Crippen molar-refractivity contribution in [3.63, 3.8) is 0 Å². The minimum atomic E-state index is -1.72. The molecule has 0 radical (unpaired) electrons. The third-order valence-electron chi connectivity index (χ3n) is 6.96. The average molecular weight is 557 g/mol. The lowest BCUT2D eigenvalue weighted by molar-refractivity contribution is -0.385. The summed E-state index contributed by atoms with van der Waals surface area (Å²) in [4.78, 5) is 28.7. The Kier molecular flexibility index (Phi) is 10.4. The van der Waals surface area contributed by atoms with Gasteiger partial charge in [0.05, 0.1) is 50.1 Å². The van der Waals surface area contributed by atoms with E-state index in [0.29, 0.717) is 39.5 Å². The highest BCUT2D eigenvalue weighted by Crippen LogP contribution is 2.28. The molecule has 15 nitrogen and oxygen atoms in total. The number of ether oxygens (including phenoxy) is 4. The molecule has 0 bridgehead atoms. The number of nitrogens with one attached hydrogen (secondary N) is 1. The van der Waals surface area contributed by atoms with E-state index in [1.165, 1.54) is 6.07 Å². The standard InChI is InChI=1S/C24H36N4O11/c29-14-19-20(30)21(31)22(32)24(39-19)38-18-10-15(9-17(11-18)28(34)35)23(33)25-16(12-26-1-5-36-6-2-26)13-27-3-7-37-8-4-27/h9-11,16,19-22,24,29-32H,1-8,12-14H2,(H,25,33)/t19-,20-,21+,22-,24-/m0/s1. The fraction of sp³-hybridized carbons (Fsp3) is 0.708. The second-order valence-electron chi connectivity index (χ2n) is 9.78. The number of hydrogen-bond acceptors (Lipinski definition) is 13. The fourth-order valence-electron chi connectivity index (χ4n) is 4.80. The molecule has 218 valence electrons. The number of morpholine rings is 2. The largest absolute Gasteiger partial charge is 0.462 e. The van der Waals surface area contributed by atoms with E-state index in [4.69, 9.17) is 18.9 Å². The number of non-ortho nitro benzene ring substituents is 1. The van der Waals surface area contributed by atoms with Gasteiger partial charge in [-0.2, -0.15) is 0 Å². The summed E-state index contributed by atoms with van der Waals surface area (Å²) in [5.41, 5.74) is -0.474. The van der Waals surface area contributed by atoms with Crippen LogP contribution in [-0.4, -0.2) is 150 Å². The number of carbonyl (C=O) groups is 1. The quantitative estimate of drug-likeness (QED) is 0.150. The van der Waals surface area contributed by atoms with Crippen LogP contribution in [0.15, 0.2) is 18.2 Å². The number of aliphatic hydroxyl groups excluding tert-OH is 4. The Hall–Kier alpha value is -2.47. The van der Waals surface area contributed by atoms with Gasteiger partial charge in [0, 0.05) is 50.9 Å². The lowest BCUT2D eigenvalue weighted by Gasteiger charge is -2.39. The van der Waals surface area contributed by atoms with Gasteiger partial charge in [-0.1, -0.05) is 0 Å². The molecule has 3 fully saturated rings. The summed E-state index contributed by atoms with van der Waals surface area (Å²) in [5.74, 6) is -0.722. The van der Waals surface area contributed by atoms with Gasteiger partial charge < -0.3 is 44.7 Å². The molecule has 3 aliphatic heterocycles. The summed E-state index contributed by atoms with van der Waals surface area (Å²) in [5, 5.41) is 54.3. The van der Waals surface area contributed by atoms with Crippen molar-refractivity contribution in [1.29, 1.82) is 0 Å². The molecule has 0 spiro atoms. The number of rotatable bonds is 10. The van der Waals surface area contributed by atoms with Gasteiger partial charge in [-0.05, 0) is 6.07 Å². The van der Waals surface area contributed by atoms with Gasteiger partial charge in [-0.15, -0.1) is 0 Å². The normalized spacial score (nSPS) is 28.8. The topological polar surface area (TPSA) is 197 Å². The fourth-order valence-corrected chi connectivity index (χ4v) is 4.80. The number of carbonyl (C=O) groups excluding carboxylic acids is 1. The van der Waals surface area contributed by atoms with E-state index in [2.05, 4.69) is 15.1 Å². The number of nitro benzene ring substituents is 1. The Balaban J connectivity index is 1.51. The molecule has 1 aromatic carbocycles. The van der Waals surface area contributed by atoms with Crippen LogP contribution in [0.25, 0.3) is 0 Å². The molecule has 3 aliphatic rings. The van der Waals surface area contributed by atoms with Crippen molar-refractivity contribution >= 4 is 11.6 Å². The molecule has 39 heavy (non-hydrogen) atoms. The molecule has 1 amide bonds. The summed E-state index contributed by atoms with van der Waals surface area (Å²) >= 11 is 0. The molecule has 5 N–H and O–H groups in total. The zero-order valence-corrected chi connectivity index (χ0v) is 21.5. The Morgan fingerprint density at radius 1 is 1.00 bits per heavy atom. The van der Waals surface area contributed by atoms with Crippen molar-refractivity contribution in [2.24, 2.45) is 0 Å². The summed E-state index contributed by atoms with van der Waals surface area (Å²) in [7, 11) is 0. The van der Waals surface area contributed by atoms with Crippen molar-refractivity contribution < 1.29 is 49.1 Å². The summed E-state index contributed by atoms with van der Waals surface area (Å²) < 4.78 is 21.7. The van der Waals surface area contributed by atoms with Gasteiger partial charge in [0.2, 0.25) is 6.29 Å². The molecular formula is C24H36N4O11. The Labute approximate surface area is 224 Å². The highest BCUT2D eigenvalue weighted by atomic mass is 16.7. The number of nitrogens with zero attached hydrogens (tertiary/aromatic N) is 3. The van der Waals surface area contributed by atoms with E-state index in [-0.39, 0.29) is 17.4 Å². The zero-order valence-electron chi connectivity index (χ0n) is 21.5. The van der Waals surface area contributed by atoms with Gasteiger partial charge in [0.15, 0.2) is 0 Å². The zero-order chi connectivity index (χ0) is 27.9. The molecular weight excluding hydrogens is 520 g/mol. The van der Waals surface area contributed by atoms with Crippen LogP contribution in [0.3, 0.4) is 0 Å². The first-order valence-corrected chi connectivity index (χ1v) is 12.9. The van der Waals surface area contributed by atoms with Crippen LogP contribution in [0.5, 0.6) is 5.75 Å². The van der Waals surface area contributed by atoms with E-state index in [1.54, 1.807) is 0 Å². The van der Waals surface area contributed by atoms with Crippen molar-refractivity contribution in [2.75, 3.05) is 72.3 Å². The summed E-state index contributed by atoms with van der Waals surface area (Å²) in [6, 6.07) is 3.15. The lowest BCUT2D eigenvalue weighted by atomic mass is 9.99. The molecule has 3 saturated heterocycles. The highest BCUT2D eigenvalue weighted by Gasteiger charge is 2.45. The maximum Gasteiger partial charge on any atom is 0.273 e. The molecule has 15 heteroatoms. The van der Waals surface area contributed by atoms with E-state index >= 15 is 0 Å². The number of aliphatic hydroxyl groups is 4. The Bertz CT molecular complexity index is 951. The van der Waals surface area contributed by atoms with E-state index in [9.17, 15) is 35.3 Å². The third kappa shape index (κ3) is 7.81. The van der Waals surface area contributed by atoms with Crippen molar-refractivity contribution in [1.82, 2.24) is 15.1 Å². The predicted molar refractivity (Wildman–Crippen MR) is 133 cm³/mol. The number of benzene rings is 1. The maximum atomic E-state index is 13.4. The molecule has 0 aliphatic carbocycles. The van der Waals surface area contributed by atoms with Crippen molar-refractivity contribution in [3.05, 3.63) is 33.9 Å². The summed E-state index contributed by atoms with van der Waals surface area (Å²) in [6.45, 7) is 5.76. The third-order valence-corrected chi connectivity index (χ3v) is 6.96. The van der Waals surface area contributed by atoms with Crippen molar-refractivity contribution in [3.8, 4) is 5.75 Å². The molecule has 5 atom stereocenters. The number of hydrogen-bond donors (Lipinski definition) is 5. The highest BCUT2D eigenvalue weighted by molar-refractivity contribution is 5.95. The van der Waals surface area contributed by atoms with Crippen LogP contribution in [-0.2, 0) is 14.2 Å². The van der Waals surface area contributed by atoms with E-state index in [0.717, 1.165) is 38.3 Å². The van der Waals surface area contributed by atoms with E-state index in [1.807, 2.05) is 0 Å². The predicted octanol–water partition coefficient (Wildman–Crippen LogP) is -2.46. The smallest absolute Gasteiger partial charge is 0.273 e. The van der Waals surface area contributed by atoms with Crippen LogP contribution in [0.2, 0.25) is 0 Å². The van der Waals surface area contributed by atoms with Crippen LogP contribution in [0.1, 0.15) is 10.4 Å². The first-order valence-electron chi connectivity index (χ1n) is 12.9. The van der Waals surface area contributed by atoms with Crippen LogP contribution in [0, 0.1) is 10.1 Å². The van der Waals surface area contributed by atoms with Crippen LogP contribution >= 0.6 is 0 Å². The second kappa shape index (κ2) is 13.7. The lowest BCUT2D eigenvalue weighted by Crippen LogP contribution is -2.60. The van der Waals surface area contributed by atoms with Gasteiger partial charge in [-0.3, -0.25) is 24.7 Å². The molecule has 0 saturated carbocycles. The minimum absolute atomic E-state index is 0.0438. The second-order valence-corrected chi connectivity index (χ2v) is 9.78. The van der Waals surface area contributed by atoms with Gasteiger partial charge in [0.25, 0.3) is 11.6 Å². The van der Waals surface area contributed by atoms with Crippen molar-refractivity contribution in [2.45, 2.75) is 36.7 Å². The Morgan fingerprint density at radius 2 is 1.59 bits per heavy atom. The van der Waals surface area contributed by atoms with Gasteiger partial charge >= 0.3 is 0 Å². The molecule has 1 aromatic rings. The molecule has 0 unspecified atom stereocenters. The maximum absolute atomic E-state index is 13.4. The SMILES string of the molecule is O=C(NC(CN1CCOCC1)CN1CCOCC1)c1cc(O[C@H]2O[C@@H](CO)[C@H](O)[C@@H](O)[C@@H]2O)cc([N+](=O)[O-])c1. The molecule has 4 rings (SSSR count). The molecule has 3 heterocycles.